The number of rotatable bonds is 4. The number of primary amides is 1. The lowest BCUT2D eigenvalue weighted by molar-refractivity contribution is -0.683. The Labute approximate surface area is 138 Å². The van der Waals surface area contributed by atoms with E-state index in [2.05, 4.69) is 10.6 Å². The SMILES string of the molecule is NC(=O)C[n+]1cccc(NC(=O)Nc2ccc(Cl)cc2)c1.[Cl-]. The minimum Gasteiger partial charge on any atom is -1.00 e. The van der Waals surface area contributed by atoms with E-state index >= 15 is 0 Å². The molecule has 0 aliphatic carbocycles. The number of hydrogen-bond acceptors (Lipinski definition) is 2. The maximum atomic E-state index is 11.8. The zero-order valence-electron chi connectivity index (χ0n) is 11.4. The van der Waals surface area contributed by atoms with Gasteiger partial charge in [0.15, 0.2) is 12.4 Å². The van der Waals surface area contributed by atoms with E-state index in [1.54, 1.807) is 53.4 Å². The number of carbonyl (C=O) groups is 2. The molecule has 1 aromatic carbocycles. The summed E-state index contributed by atoms with van der Waals surface area (Å²) in [5.74, 6) is -0.456. The van der Waals surface area contributed by atoms with Crippen molar-refractivity contribution < 1.29 is 26.6 Å². The van der Waals surface area contributed by atoms with Crippen molar-refractivity contribution >= 4 is 34.9 Å². The Balaban J connectivity index is 0.00000242. The van der Waals surface area contributed by atoms with Crippen molar-refractivity contribution in [1.29, 1.82) is 0 Å². The lowest BCUT2D eigenvalue weighted by Crippen LogP contribution is -3.00. The number of aromatic nitrogens is 1. The van der Waals surface area contributed by atoms with Crippen LogP contribution in [0.2, 0.25) is 5.02 Å². The van der Waals surface area contributed by atoms with E-state index in [-0.39, 0.29) is 19.0 Å². The second-order valence-electron chi connectivity index (χ2n) is 4.32. The van der Waals surface area contributed by atoms with E-state index in [9.17, 15) is 9.59 Å². The van der Waals surface area contributed by atoms with Gasteiger partial charge in [-0.2, -0.15) is 4.57 Å². The molecule has 4 N–H and O–H groups in total. The highest BCUT2D eigenvalue weighted by molar-refractivity contribution is 6.30. The average molecular weight is 341 g/mol. The van der Waals surface area contributed by atoms with Gasteiger partial charge in [-0.1, -0.05) is 11.6 Å². The largest absolute Gasteiger partial charge is 1.00 e. The first-order chi connectivity index (χ1) is 10.0. The van der Waals surface area contributed by atoms with Gasteiger partial charge in [-0.05, 0) is 30.3 Å². The van der Waals surface area contributed by atoms with Crippen LogP contribution in [-0.2, 0) is 11.3 Å². The van der Waals surface area contributed by atoms with Crippen molar-refractivity contribution in [2.45, 2.75) is 6.54 Å². The van der Waals surface area contributed by atoms with Gasteiger partial charge in [0.2, 0.25) is 6.54 Å². The highest BCUT2D eigenvalue weighted by atomic mass is 35.5. The van der Waals surface area contributed by atoms with Crippen LogP contribution in [0, 0.1) is 0 Å². The van der Waals surface area contributed by atoms with Gasteiger partial charge in [0, 0.05) is 16.8 Å². The van der Waals surface area contributed by atoms with Crippen LogP contribution in [0.25, 0.3) is 0 Å². The first-order valence-corrected chi connectivity index (χ1v) is 6.52. The molecule has 0 bridgehead atoms. The van der Waals surface area contributed by atoms with E-state index in [1.165, 1.54) is 0 Å². The van der Waals surface area contributed by atoms with E-state index < -0.39 is 11.9 Å². The third kappa shape index (κ3) is 5.59. The lowest BCUT2D eigenvalue weighted by Gasteiger charge is -2.06. The van der Waals surface area contributed by atoms with Gasteiger partial charge in [0.05, 0.1) is 0 Å². The molecule has 0 spiro atoms. The third-order valence-corrected chi connectivity index (χ3v) is 2.81. The molecule has 0 fully saturated rings. The molecular formula is C14H14Cl2N4O2. The number of carbonyl (C=O) groups excluding carboxylic acids is 2. The number of amides is 3. The number of benzene rings is 1. The molecule has 6 nitrogen and oxygen atoms in total. The van der Waals surface area contributed by atoms with Crippen LogP contribution < -0.4 is 33.3 Å². The summed E-state index contributed by atoms with van der Waals surface area (Å²) in [5, 5.41) is 5.92. The van der Waals surface area contributed by atoms with Crippen molar-refractivity contribution in [3.8, 4) is 0 Å². The van der Waals surface area contributed by atoms with Crippen LogP contribution in [0.4, 0.5) is 16.2 Å². The van der Waals surface area contributed by atoms with Crippen LogP contribution in [-0.4, -0.2) is 11.9 Å². The molecule has 0 atom stereocenters. The van der Waals surface area contributed by atoms with Crippen molar-refractivity contribution in [3.63, 3.8) is 0 Å². The molecule has 1 heterocycles. The van der Waals surface area contributed by atoms with Gasteiger partial charge in [0.1, 0.15) is 5.69 Å². The Morgan fingerprint density at radius 3 is 2.36 bits per heavy atom. The number of hydrogen-bond donors (Lipinski definition) is 3. The maximum Gasteiger partial charge on any atom is 0.323 e. The molecule has 0 radical (unpaired) electrons. The smallest absolute Gasteiger partial charge is 0.323 e. The molecule has 1 aromatic heterocycles. The van der Waals surface area contributed by atoms with Gasteiger partial charge >= 0.3 is 6.03 Å². The second-order valence-corrected chi connectivity index (χ2v) is 4.75. The number of halogens is 2. The van der Waals surface area contributed by atoms with Crippen molar-refractivity contribution in [1.82, 2.24) is 0 Å². The molecule has 2 aromatic rings. The van der Waals surface area contributed by atoms with Crippen LogP contribution in [0.5, 0.6) is 0 Å². The second kappa shape index (κ2) is 8.21. The van der Waals surface area contributed by atoms with E-state index in [0.29, 0.717) is 16.4 Å². The lowest BCUT2D eigenvalue weighted by atomic mass is 10.3. The number of nitrogens with two attached hydrogens (primary N) is 1. The quantitative estimate of drug-likeness (QED) is 0.608. The standard InChI is InChI=1S/C14H13ClN4O2.ClH/c15-10-3-5-11(6-4-10)17-14(21)18-12-2-1-7-19(8-12)9-13(16)20;/h1-8H,9H2,(H3-,16,17,18,20,21);1H. The van der Waals surface area contributed by atoms with Crippen molar-refractivity contribution in [3.05, 3.63) is 53.8 Å². The molecule has 0 aliphatic heterocycles. The number of nitrogens with zero attached hydrogens (tertiary/aromatic N) is 1. The average Bonchev–Trinajstić information content (AvgIpc) is 2.41. The highest BCUT2D eigenvalue weighted by Gasteiger charge is 2.08. The minimum atomic E-state index is -0.456. The van der Waals surface area contributed by atoms with Gasteiger partial charge in [-0.25, -0.2) is 4.79 Å². The number of urea groups is 1. The summed E-state index contributed by atoms with van der Waals surface area (Å²) in [6.45, 7) is 0.0499. The number of anilines is 2. The van der Waals surface area contributed by atoms with Crippen LogP contribution in [0.1, 0.15) is 0 Å². The fraction of sp³-hybridized carbons (Fsp3) is 0.0714. The molecule has 8 heteroatoms. The Morgan fingerprint density at radius 2 is 1.73 bits per heavy atom. The molecule has 0 unspecified atom stereocenters. The zero-order valence-corrected chi connectivity index (χ0v) is 12.9. The molecule has 116 valence electrons. The highest BCUT2D eigenvalue weighted by Crippen LogP contribution is 2.13. The van der Waals surface area contributed by atoms with Crippen molar-refractivity contribution in [2.75, 3.05) is 10.6 Å². The molecular weight excluding hydrogens is 327 g/mol. The Bertz CT molecular complexity index is 662. The van der Waals surface area contributed by atoms with Crippen LogP contribution >= 0.6 is 11.6 Å². The zero-order chi connectivity index (χ0) is 15.2. The van der Waals surface area contributed by atoms with E-state index in [1.807, 2.05) is 0 Å². The molecule has 0 saturated carbocycles. The maximum absolute atomic E-state index is 11.8. The predicted octanol–water partition coefficient (Wildman–Crippen LogP) is -1.24. The van der Waals surface area contributed by atoms with E-state index in [4.69, 9.17) is 17.3 Å². The topological polar surface area (TPSA) is 88.1 Å². The Hall–Kier alpha value is -2.31. The summed E-state index contributed by atoms with van der Waals surface area (Å²) in [5.41, 5.74) is 6.29. The monoisotopic (exact) mass is 340 g/mol. The minimum absolute atomic E-state index is 0. The summed E-state index contributed by atoms with van der Waals surface area (Å²) in [4.78, 5) is 22.7. The first-order valence-electron chi connectivity index (χ1n) is 6.14. The molecule has 0 saturated heterocycles. The fourth-order valence-electron chi connectivity index (χ4n) is 1.70. The van der Waals surface area contributed by atoms with E-state index in [0.717, 1.165) is 0 Å². The normalized spacial score (nSPS) is 9.50. The molecule has 3 amide bonds. The molecule has 22 heavy (non-hydrogen) atoms. The summed E-state index contributed by atoms with van der Waals surface area (Å²) >= 11 is 5.77. The summed E-state index contributed by atoms with van der Waals surface area (Å²) in [7, 11) is 0. The Kier molecular flexibility index (Phi) is 6.62. The number of pyridine rings is 1. The van der Waals surface area contributed by atoms with Gasteiger partial charge in [-0.3, -0.25) is 4.79 Å². The fourth-order valence-corrected chi connectivity index (χ4v) is 1.83. The first kappa shape index (κ1) is 17.7. The summed E-state index contributed by atoms with van der Waals surface area (Å²) in [6.07, 6.45) is 3.30. The summed E-state index contributed by atoms with van der Waals surface area (Å²) in [6, 6.07) is 9.77. The summed E-state index contributed by atoms with van der Waals surface area (Å²) < 4.78 is 1.58. The van der Waals surface area contributed by atoms with Gasteiger partial charge in [-0.15, -0.1) is 0 Å². The van der Waals surface area contributed by atoms with Gasteiger partial charge in [0.25, 0.3) is 5.91 Å². The van der Waals surface area contributed by atoms with Gasteiger partial charge < -0.3 is 28.8 Å². The van der Waals surface area contributed by atoms with Crippen LogP contribution in [0.3, 0.4) is 0 Å². The Morgan fingerprint density at radius 1 is 1.09 bits per heavy atom. The predicted molar refractivity (Wildman–Crippen MR) is 79.9 cm³/mol. The third-order valence-electron chi connectivity index (χ3n) is 2.56. The van der Waals surface area contributed by atoms with Crippen molar-refractivity contribution in [2.24, 2.45) is 5.73 Å². The molecule has 0 aliphatic rings. The molecule has 2 rings (SSSR count). The van der Waals surface area contributed by atoms with Crippen LogP contribution in [0.15, 0.2) is 48.8 Å². The number of nitrogens with one attached hydrogen (secondary N) is 2.